The fourth-order valence-corrected chi connectivity index (χ4v) is 7.15. The van der Waals surface area contributed by atoms with Crippen LogP contribution in [-0.2, 0) is 22.4 Å². The van der Waals surface area contributed by atoms with Crippen molar-refractivity contribution >= 4 is 58.2 Å². The normalized spacial score (nSPS) is 18.2. The molecule has 1 aliphatic rings. The summed E-state index contributed by atoms with van der Waals surface area (Å²) in [6.07, 6.45) is 4.70. The van der Waals surface area contributed by atoms with Crippen molar-refractivity contribution in [3.05, 3.63) is 67.6 Å². The Morgan fingerprint density at radius 1 is 0.804 bits per heavy atom. The van der Waals surface area contributed by atoms with Gasteiger partial charge in [0.25, 0.3) is 0 Å². The lowest BCUT2D eigenvalue weighted by atomic mass is 9.93. The van der Waals surface area contributed by atoms with Crippen LogP contribution in [0.15, 0.2) is 36.4 Å². The highest BCUT2D eigenvalue weighted by Crippen LogP contribution is 2.28. The average molecular weight is 717 g/mol. The molecule has 1 aliphatic heterocycles. The number of unbranched alkanes of at least 4 members (excludes halogenated alkanes) is 1. The molecular formula is C34H50Cl4N6O2. The van der Waals surface area contributed by atoms with Gasteiger partial charge in [-0.2, -0.15) is 0 Å². The van der Waals surface area contributed by atoms with Crippen LogP contribution in [0.3, 0.4) is 0 Å². The summed E-state index contributed by atoms with van der Waals surface area (Å²) < 4.78 is 0. The number of rotatable bonds is 17. The zero-order valence-electron chi connectivity index (χ0n) is 27.0. The minimum atomic E-state index is -0.409. The van der Waals surface area contributed by atoms with E-state index in [9.17, 15) is 9.59 Å². The van der Waals surface area contributed by atoms with Crippen LogP contribution >= 0.6 is 46.4 Å². The SMILES string of the molecule is CC(C)C[C@@H]1CN(C(=O)C[C@H](N)Cc2ccc(Cl)cc2Cl)[C@@H](CCCCNCCN)CN1C(=O)CC(N)Cc1ccc(Cl)cc1Cl. The van der Waals surface area contributed by atoms with Crippen LogP contribution in [0.1, 0.15) is 63.5 Å². The number of piperazine rings is 1. The van der Waals surface area contributed by atoms with E-state index in [4.69, 9.17) is 63.6 Å². The second kappa shape index (κ2) is 19.4. The number of amides is 2. The van der Waals surface area contributed by atoms with Crippen LogP contribution in [0.25, 0.3) is 0 Å². The summed E-state index contributed by atoms with van der Waals surface area (Å²) in [7, 11) is 0. The monoisotopic (exact) mass is 714 g/mol. The second-order valence-corrected chi connectivity index (χ2v) is 14.6. The molecule has 46 heavy (non-hydrogen) atoms. The van der Waals surface area contributed by atoms with E-state index in [1.54, 1.807) is 24.3 Å². The van der Waals surface area contributed by atoms with E-state index in [-0.39, 0.29) is 36.7 Å². The molecule has 1 unspecified atom stereocenters. The number of carbonyl (C=O) groups is 2. The zero-order chi connectivity index (χ0) is 33.8. The molecule has 0 bridgehead atoms. The molecule has 1 fully saturated rings. The molecule has 0 radical (unpaired) electrons. The molecular weight excluding hydrogens is 666 g/mol. The first kappa shape index (κ1) is 38.8. The molecule has 12 heteroatoms. The zero-order valence-corrected chi connectivity index (χ0v) is 30.0. The molecule has 7 N–H and O–H groups in total. The van der Waals surface area contributed by atoms with Gasteiger partial charge in [0.1, 0.15) is 0 Å². The van der Waals surface area contributed by atoms with Crippen molar-refractivity contribution in [2.45, 2.75) is 89.4 Å². The van der Waals surface area contributed by atoms with E-state index in [1.807, 2.05) is 21.9 Å². The van der Waals surface area contributed by atoms with Gasteiger partial charge >= 0.3 is 0 Å². The highest BCUT2D eigenvalue weighted by atomic mass is 35.5. The summed E-state index contributed by atoms with van der Waals surface area (Å²) in [4.78, 5) is 31.7. The van der Waals surface area contributed by atoms with Crippen molar-refractivity contribution in [3.63, 3.8) is 0 Å². The van der Waals surface area contributed by atoms with Gasteiger partial charge in [0.15, 0.2) is 0 Å². The Kier molecular flexibility index (Phi) is 16.4. The maximum atomic E-state index is 13.9. The standard InChI is InChI=1S/C34H50Cl4N6O2/c1-22(2)13-30-21-43(33(45)18-27(40)14-23-6-8-25(35)16-31(23)37)29(5-3-4-11-42-12-10-39)20-44(30)34(46)19-28(41)15-24-7-9-26(36)17-32(24)38/h6-9,16-17,22,27-30,42H,3-5,10-15,18-21,39-41H2,1-2H3/t27-,28?,29+,30-/m1/s1. The molecule has 0 aromatic heterocycles. The van der Waals surface area contributed by atoms with Crippen LogP contribution in [-0.4, -0.2) is 78.5 Å². The summed E-state index contributed by atoms with van der Waals surface area (Å²) in [6.45, 7) is 7.41. The van der Waals surface area contributed by atoms with Gasteiger partial charge in [-0.3, -0.25) is 9.59 Å². The fraction of sp³-hybridized carbons (Fsp3) is 0.588. The minimum absolute atomic E-state index is 0.000899. The maximum absolute atomic E-state index is 13.9. The molecule has 2 aromatic carbocycles. The lowest BCUT2D eigenvalue weighted by Crippen LogP contribution is -2.62. The van der Waals surface area contributed by atoms with Crippen LogP contribution in [0.4, 0.5) is 0 Å². The Bertz CT molecular complexity index is 1280. The van der Waals surface area contributed by atoms with Gasteiger partial charge in [-0.25, -0.2) is 0 Å². The first-order valence-corrected chi connectivity index (χ1v) is 17.8. The third-order valence-corrected chi connectivity index (χ3v) is 9.58. The van der Waals surface area contributed by atoms with Crippen LogP contribution in [0, 0.1) is 5.92 Å². The number of carbonyl (C=O) groups excluding carboxylic acids is 2. The van der Waals surface area contributed by atoms with Crippen molar-refractivity contribution in [1.82, 2.24) is 15.1 Å². The largest absolute Gasteiger partial charge is 0.336 e. The highest BCUT2D eigenvalue weighted by molar-refractivity contribution is 6.35. The predicted octanol–water partition coefficient (Wildman–Crippen LogP) is 5.69. The summed E-state index contributed by atoms with van der Waals surface area (Å²) in [5.41, 5.74) is 20.3. The van der Waals surface area contributed by atoms with Gasteiger partial charge in [-0.05, 0) is 80.0 Å². The Morgan fingerprint density at radius 3 is 1.78 bits per heavy atom. The lowest BCUT2D eigenvalue weighted by Gasteiger charge is -2.47. The van der Waals surface area contributed by atoms with Gasteiger partial charge < -0.3 is 32.3 Å². The van der Waals surface area contributed by atoms with Gasteiger partial charge in [0.05, 0.1) is 0 Å². The average Bonchev–Trinajstić information content (AvgIpc) is 2.97. The first-order valence-electron chi connectivity index (χ1n) is 16.3. The molecule has 1 heterocycles. The smallest absolute Gasteiger partial charge is 0.224 e. The quantitative estimate of drug-likeness (QED) is 0.156. The first-order chi connectivity index (χ1) is 21.9. The summed E-state index contributed by atoms with van der Waals surface area (Å²) in [5, 5.41) is 5.52. The van der Waals surface area contributed by atoms with E-state index in [0.29, 0.717) is 58.5 Å². The number of halogens is 4. The molecule has 2 aromatic rings. The van der Waals surface area contributed by atoms with Gasteiger partial charge in [-0.15, -0.1) is 0 Å². The number of hydrogen-bond donors (Lipinski definition) is 4. The number of benzene rings is 2. The van der Waals surface area contributed by atoms with E-state index in [2.05, 4.69) is 19.2 Å². The topological polar surface area (TPSA) is 131 Å². The predicted molar refractivity (Wildman–Crippen MR) is 192 cm³/mol. The van der Waals surface area contributed by atoms with Crippen molar-refractivity contribution in [1.29, 1.82) is 0 Å². The fourth-order valence-electron chi connectivity index (χ4n) is 6.18. The van der Waals surface area contributed by atoms with Crippen molar-refractivity contribution in [2.75, 3.05) is 32.7 Å². The molecule has 2 amide bonds. The molecule has 0 saturated carbocycles. The van der Waals surface area contributed by atoms with Gasteiger partial charge in [0, 0.05) is 83.3 Å². The third kappa shape index (κ3) is 12.4. The number of hydrogen-bond acceptors (Lipinski definition) is 6. The van der Waals surface area contributed by atoms with E-state index < -0.39 is 12.1 Å². The lowest BCUT2D eigenvalue weighted by molar-refractivity contribution is -0.148. The summed E-state index contributed by atoms with van der Waals surface area (Å²) in [6, 6.07) is 9.58. The minimum Gasteiger partial charge on any atom is -0.336 e. The molecule has 1 saturated heterocycles. The van der Waals surface area contributed by atoms with Crippen molar-refractivity contribution in [2.24, 2.45) is 23.1 Å². The third-order valence-electron chi connectivity index (χ3n) is 8.41. The molecule has 0 spiro atoms. The van der Waals surface area contributed by atoms with Gasteiger partial charge in [-0.1, -0.05) is 78.8 Å². The Labute approximate surface area is 294 Å². The number of nitrogens with zero attached hydrogens (tertiary/aromatic N) is 2. The Hall–Kier alpha value is -1.62. The molecule has 0 aliphatic carbocycles. The maximum Gasteiger partial charge on any atom is 0.224 e. The number of nitrogens with one attached hydrogen (secondary N) is 1. The van der Waals surface area contributed by atoms with E-state index in [1.165, 1.54) is 0 Å². The molecule has 3 rings (SSSR count). The molecule has 4 atom stereocenters. The molecule has 8 nitrogen and oxygen atoms in total. The van der Waals surface area contributed by atoms with Crippen LogP contribution in [0.2, 0.25) is 20.1 Å². The van der Waals surface area contributed by atoms with Gasteiger partial charge in [0.2, 0.25) is 11.8 Å². The van der Waals surface area contributed by atoms with E-state index >= 15 is 0 Å². The summed E-state index contributed by atoms with van der Waals surface area (Å²) >= 11 is 24.9. The highest BCUT2D eigenvalue weighted by Gasteiger charge is 2.39. The summed E-state index contributed by atoms with van der Waals surface area (Å²) in [5.74, 6) is 0.330. The Morgan fingerprint density at radius 2 is 1.30 bits per heavy atom. The van der Waals surface area contributed by atoms with Crippen molar-refractivity contribution < 1.29 is 9.59 Å². The van der Waals surface area contributed by atoms with Crippen LogP contribution < -0.4 is 22.5 Å². The number of nitrogens with two attached hydrogens (primary N) is 3. The Balaban J connectivity index is 1.74. The van der Waals surface area contributed by atoms with Crippen molar-refractivity contribution in [3.8, 4) is 0 Å². The van der Waals surface area contributed by atoms with E-state index in [0.717, 1.165) is 49.9 Å². The van der Waals surface area contributed by atoms with Crippen LogP contribution in [0.5, 0.6) is 0 Å². The molecule has 256 valence electrons. The second-order valence-electron chi connectivity index (χ2n) is 12.9.